The van der Waals surface area contributed by atoms with E-state index in [0.29, 0.717) is 18.0 Å². The van der Waals surface area contributed by atoms with Crippen LogP contribution in [-0.4, -0.2) is 44.4 Å². The van der Waals surface area contributed by atoms with Gasteiger partial charge in [0.2, 0.25) is 0 Å². The summed E-state index contributed by atoms with van der Waals surface area (Å²) >= 11 is 0. The molecule has 1 aromatic carbocycles. The fourth-order valence-corrected chi connectivity index (χ4v) is 2.29. The van der Waals surface area contributed by atoms with Gasteiger partial charge >= 0.3 is 0 Å². The number of aliphatic hydroxyl groups is 1. The lowest BCUT2D eigenvalue weighted by Gasteiger charge is -2.24. The Morgan fingerprint density at radius 1 is 1.18 bits per heavy atom. The van der Waals surface area contributed by atoms with Crippen LogP contribution in [0.4, 0.5) is 0 Å². The molecular weight excluding hydrogens is 218 g/mol. The molecule has 0 bridgehead atoms. The maximum atomic E-state index is 10.6. The van der Waals surface area contributed by atoms with Gasteiger partial charge in [0.15, 0.2) is 0 Å². The van der Waals surface area contributed by atoms with Crippen LogP contribution in [0.25, 0.3) is 0 Å². The van der Waals surface area contributed by atoms with Gasteiger partial charge in [0.1, 0.15) is 17.1 Å². The number of ether oxygens (including phenoxy) is 2. The van der Waals surface area contributed by atoms with Crippen molar-refractivity contribution in [3.05, 3.63) is 23.8 Å². The van der Waals surface area contributed by atoms with Gasteiger partial charge in [-0.1, -0.05) is 0 Å². The van der Waals surface area contributed by atoms with Crippen molar-refractivity contribution in [3.8, 4) is 11.5 Å². The van der Waals surface area contributed by atoms with Crippen LogP contribution in [0.2, 0.25) is 0 Å². The quantitative estimate of drug-likeness (QED) is 0.858. The molecule has 4 heteroatoms. The van der Waals surface area contributed by atoms with Crippen LogP contribution < -0.4 is 9.47 Å². The molecule has 0 spiro atoms. The third kappa shape index (κ3) is 2.37. The van der Waals surface area contributed by atoms with Crippen LogP contribution in [0.15, 0.2) is 18.2 Å². The third-order valence-corrected chi connectivity index (χ3v) is 3.33. The van der Waals surface area contributed by atoms with Crippen LogP contribution >= 0.6 is 0 Å². The lowest BCUT2D eigenvalue weighted by molar-refractivity contribution is 0.0484. The molecule has 0 aliphatic carbocycles. The zero-order chi connectivity index (χ0) is 12.5. The van der Waals surface area contributed by atoms with Gasteiger partial charge in [-0.15, -0.1) is 0 Å². The Hall–Kier alpha value is -1.26. The number of hydrogen-bond donors (Lipinski definition) is 1. The Labute approximate surface area is 102 Å². The normalized spacial score (nSPS) is 24.9. The van der Waals surface area contributed by atoms with E-state index in [4.69, 9.17) is 9.47 Å². The second-order valence-electron chi connectivity index (χ2n) is 4.62. The second kappa shape index (κ2) is 4.55. The summed E-state index contributed by atoms with van der Waals surface area (Å²) in [5.41, 5.74) is 0.0642. The molecule has 1 N–H and O–H groups in total. The molecule has 1 fully saturated rings. The van der Waals surface area contributed by atoms with Gasteiger partial charge in [-0.3, -0.25) is 0 Å². The summed E-state index contributed by atoms with van der Waals surface area (Å²) in [7, 11) is 5.24. The van der Waals surface area contributed by atoms with E-state index in [0.717, 1.165) is 18.5 Å². The predicted molar refractivity (Wildman–Crippen MR) is 65.6 cm³/mol. The smallest absolute Gasteiger partial charge is 0.122 e. The first-order chi connectivity index (χ1) is 8.07. The van der Waals surface area contributed by atoms with E-state index < -0.39 is 5.60 Å². The van der Waals surface area contributed by atoms with Crippen molar-refractivity contribution in [2.24, 2.45) is 0 Å². The largest absolute Gasteiger partial charge is 0.497 e. The summed E-state index contributed by atoms with van der Waals surface area (Å²) in [6.07, 6.45) is 0.736. The van der Waals surface area contributed by atoms with Gasteiger partial charge in [0.25, 0.3) is 0 Å². The minimum absolute atomic E-state index is 0.642. The van der Waals surface area contributed by atoms with Crippen LogP contribution in [0, 0.1) is 0 Å². The van der Waals surface area contributed by atoms with E-state index in [1.807, 2.05) is 25.2 Å². The Morgan fingerprint density at radius 3 is 2.18 bits per heavy atom. The highest BCUT2D eigenvalue weighted by atomic mass is 16.5. The van der Waals surface area contributed by atoms with E-state index in [-0.39, 0.29) is 0 Å². The SMILES string of the molecule is COc1cc(OC)cc(C2(O)CCN(C)C2)c1. The van der Waals surface area contributed by atoms with Crippen LogP contribution in [0.5, 0.6) is 11.5 Å². The average molecular weight is 237 g/mol. The van der Waals surface area contributed by atoms with Gasteiger partial charge in [-0.05, 0) is 31.2 Å². The molecule has 17 heavy (non-hydrogen) atoms. The molecule has 0 amide bonds. The van der Waals surface area contributed by atoms with Crippen molar-refractivity contribution in [2.75, 3.05) is 34.4 Å². The van der Waals surface area contributed by atoms with E-state index >= 15 is 0 Å². The molecule has 0 saturated carbocycles. The first-order valence-corrected chi connectivity index (χ1v) is 5.72. The van der Waals surface area contributed by atoms with Crippen molar-refractivity contribution in [1.29, 1.82) is 0 Å². The molecule has 1 aliphatic rings. The summed E-state index contributed by atoms with van der Waals surface area (Å²) in [5, 5.41) is 10.6. The predicted octanol–water partition coefficient (Wildman–Crippen LogP) is 1.23. The number of hydrogen-bond acceptors (Lipinski definition) is 4. The summed E-state index contributed by atoms with van der Waals surface area (Å²) in [5.74, 6) is 1.42. The molecule has 0 aromatic heterocycles. The lowest BCUT2D eigenvalue weighted by Crippen LogP contribution is -2.29. The maximum absolute atomic E-state index is 10.6. The monoisotopic (exact) mass is 237 g/mol. The van der Waals surface area contributed by atoms with Crippen molar-refractivity contribution in [1.82, 2.24) is 4.90 Å². The zero-order valence-electron chi connectivity index (χ0n) is 10.6. The first kappa shape index (κ1) is 12.2. The summed E-state index contributed by atoms with van der Waals surface area (Å²) in [4.78, 5) is 2.12. The summed E-state index contributed by atoms with van der Waals surface area (Å²) in [6.45, 7) is 1.54. The number of β-amino-alcohol motifs (C(OH)–C–C–N with tert-alkyl or cyclic N) is 1. The molecule has 1 saturated heterocycles. The average Bonchev–Trinajstić information content (AvgIpc) is 2.70. The maximum Gasteiger partial charge on any atom is 0.122 e. The standard InChI is InChI=1S/C13H19NO3/c1-14-5-4-13(15,9-14)10-6-11(16-2)8-12(7-10)17-3/h6-8,15H,4-5,9H2,1-3H3. The number of rotatable bonds is 3. The van der Waals surface area contributed by atoms with Gasteiger partial charge < -0.3 is 19.5 Å². The Bertz CT molecular complexity index is 385. The van der Waals surface area contributed by atoms with E-state index in [2.05, 4.69) is 4.90 Å². The molecule has 94 valence electrons. The zero-order valence-corrected chi connectivity index (χ0v) is 10.6. The minimum Gasteiger partial charge on any atom is -0.497 e. The van der Waals surface area contributed by atoms with Crippen LogP contribution in [0.1, 0.15) is 12.0 Å². The molecule has 0 radical (unpaired) electrons. The highest BCUT2D eigenvalue weighted by Crippen LogP contribution is 2.35. The van der Waals surface area contributed by atoms with Gasteiger partial charge in [0.05, 0.1) is 14.2 Å². The topological polar surface area (TPSA) is 41.9 Å². The molecule has 1 aromatic rings. The fraction of sp³-hybridized carbons (Fsp3) is 0.538. The van der Waals surface area contributed by atoms with Crippen molar-refractivity contribution < 1.29 is 14.6 Å². The van der Waals surface area contributed by atoms with Crippen LogP contribution in [0.3, 0.4) is 0 Å². The molecule has 1 atom stereocenters. The Kier molecular flexibility index (Phi) is 3.26. The Balaban J connectivity index is 2.37. The van der Waals surface area contributed by atoms with Crippen molar-refractivity contribution in [3.63, 3.8) is 0 Å². The second-order valence-corrected chi connectivity index (χ2v) is 4.62. The number of likely N-dealkylation sites (tertiary alicyclic amines) is 1. The number of benzene rings is 1. The first-order valence-electron chi connectivity index (χ1n) is 5.72. The highest BCUT2D eigenvalue weighted by molar-refractivity contribution is 5.41. The fourth-order valence-electron chi connectivity index (χ4n) is 2.29. The molecule has 1 aliphatic heterocycles. The van der Waals surface area contributed by atoms with E-state index in [9.17, 15) is 5.11 Å². The third-order valence-electron chi connectivity index (χ3n) is 3.33. The van der Waals surface area contributed by atoms with Gasteiger partial charge in [-0.25, -0.2) is 0 Å². The van der Waals surface area contributed by atoms with Gasteiger partial charge in [0, 0.05) is 19.2 Å². The molecule has 1 heterocycles. The molecular formula is C13H19NO3. The number of nitrogens with zero attached hydrogens (tertiary/aromatic N) is 1. The molecule has 1 unspecified atom stereocenters. The van der Waals surface area contributed by atoms with E-state index in [1.165, 1.54) is 0 Å². The van der Waals surface area contributed by atoms with Gasteiger partial charge in [-0.2, -0.15) is 0 Å². The number of likely N-dealkylation sites (N-methyl/N-ethyl adjacent to an activating group) is 1. The lowest BCUT2D eigenvalue weighted by atomic mass is 9.92. The summed E-state index contributed by atoms with van der Waals surface area (Å²) in [6, 6.07) is 5.56. The van der Waals surface area contributed by atoms with E-state index in [1.54, 1.807) is 14.2 Å². The number of methoxy groups -OCH3 is 2. The Morgan fingerprint density at radius 2 is 1.76 bits per heavy atom. The molecule has 2 rings (SSSR count). The minimum atomic E-state index is -0.795. The van der Waals surface area contributed by atoms with Crippen molar-refractivity contribution >= 4 is 0 Å². The van der Waals surface area contributed by atoms with Crippen LogP contribution in [-0.2, 0) is 5.60 Å². The highest BCUT2D eigenvalue weighted by Gasteiger charge is 2.36. The summed E-state index contributed by atoms with van der Waals surface area (Å²) < 4.78 is 10.4. The molecule has 4 nitrogen and oxygen atoms in total. The van der Waals surface area contributed by atoms with Crippen molar-refractivity contribution in [2.45, 2.75) is 12.0 Å².